The minimum absolute atomic E-state index is 0.296. The monoisotopic (exact) mass is 340 g/mol. The van der Waals surface area contributed by atoms with Crippen LogP contribution in [0.2, 0.25) is 0 Å². The van der Waals surface area contributed by atoms with E-state index < -0.39 is 0 Å². The topological polar surface area (TPSA) is 51.8 Å². The van der Waals surface area contributed by atoms with E-state index in [-0.39, 0.29) is 0 Å². The van der Waals surface area contributed by atoms with Gasteiger partial charge >= 0.3 is 0 Å². The number of phenolic OH excluding ortho intramolecular Hbond substituents is 1. The van der Waals surface area contributed by atoms with Crippen LogP contribution in [0.3, 0.4) is 0 Å². The predicted molar refractivity (Wildman–Crippen MR) is 88.8 cm³/mol. The van der Waals surface area contributed by atoms with E-state index in [2.05, 4.69) is 44.2 Å². The minimum atomic E-state index is 0.296. The molecule has 0 spiro atoms. The molecule has 2 aromatic carbocycles. The van der Waals surface area contributed by atoms with Crippen LogP contribution in [0.25, 0.3) is 21.8 Å². The van der Waals surface area contributed by atoms with Gasteiger partial charge in [0.1, 0.15) is 5.75 Å². The number of H-pyrrole nitrogens is 2. The van der Waals surface area contributed by atoms with Gasteiger partial charge in [-0.1, -0.05) is 15.9 Å². The van der Waals surface area contributed by atoms with Gasteiger partial charge < -0.3 is 15.1 Å². The van der Waals surface area contributed by atoms with Gasteiger partial charge in [-0.15, -0.1) is 0 Å². The lowest BCUT2D eigenvalue weighted by molar-refractivity contribution is 0.476. The van der Waals surface area contributed by atoms with E-state index in [1.54, 1.807) is 6.07 Å². The second-order valence-corrected chi connectivity index (χ2v) is 6.14. The molecule has 0 aliphatic carbocycles. The van der Waals surface area contributed by atoms with Crippen molar-refractivity contribution in [1.82, 2.24) is 9.97 Å². The van der Waals surface area contributed by atoms with E-state index in [1.165, 1.54) is 16.5 Å². The van der Waals surface area contributed by atoms with Crippen molar-refractivity contribution in [3.05, 3.63) is 64.4 Å². The number of aromatic amines is 2. The molecular formula is C17H13BrN2O. The Hall–Kier alpha value is -2.20. The summed E-state index contributed by atoms with van der Waals surface area (Å²) in [5.74, 6) is 0.296. The number of rotatable bonds is 2. The summed E-state index contributed by atoms with van der Waals surface area (Å²) in [5, 5.41) is 12.0. The Morgan fingerprint density at radius 2 is 1.48 bits per heavy atom. The second-order valence-electron chi connectivity index (χ2n) is 5.22. The van der Waals surface area contributed by atoms with Crippen molar-refractivity contribution in [3.8, 4) is 5.75 Å². The molecule has 0 atom stereocenters. The fourth-order valence-electron chi connectivity index (χ4n) is 2.81. The second kappa shape index (κ2) is 4.67. The highest BCUT2D eigenvalue weighted by molar-refractivity contribution is 9.10. The zero-order chi connectivity index (χ0) is 14.4. The van der Waals surface area contributed by atoms with Crippen LogP contribution < -0.4 is 0 Å². The van der Waals surface area contributed by atoms with Gasteiger partial charge in [0, 0.05) is 45.1 Å². The quantitative estimate of drug-likeness (QED) is 0.486. The lowest BCUT2D eigenvalue weighted by Crippen LogP contribution is -1.85. The number of halogens is 1. The molecule has 0 aliphatic heterocycles. The normalized spacial score (nSPS) is 11.5. The highest BCUT2D eigenvalue weighted by Crippen LogP contribution is 2.28. The van der Waals surface area contributed by atoms with Crippen LogP contribution in [-0.4, -0.2) is 15.1 Å². The largest absolute Gasteiger partial charge is 0.508 e. The van der Waals surface area contributed by atoms with Crippen molar-refractivity contribution in [3.63, 3.8) is 0 Å². The molecule has 0 fully saturated rings. The van der Waals surface area contributed by atoms with Crippen molar-refractivity contribution >= 4 is 37.7 Å². The Morgan fingerprint density at radius 1 is 0.857 bits per heavy atom. The molecule has 4 aromatic rings. The van der Waals surface area contributed by atoms with Crippen LogP contribution in [0.5, 0.6) is 5.75 Å². The number of hydrogen-bond donors (Lipinski definition) is 3. The summed E-state index contributed by atoms with van der Waals surface area (Å²) in [6.07, 6.45) is 4.89. The number of nitrogens with one attached hydrogen (secondary N) is 2. The predicted octanol–water partition coefficient (Wildman–Crippen LogP) is 4.71. The molecule has 0 saturated heterocycles. The Balaban J connectivity index is 1.82. The van der Waals surface area contributed by atoms with E-state index in [1.807, 2.05) is 24.4 Å². The van der Waals surface area contributed by atoms with Crippen molar-refractivity contribution < 1.29 is 5.11 Å². The summed E-state index contributed by atoms with van der Waals surface area (Å²) in [4.78, 5) is 6.56. The SMILES string of the molecule is Oc1ccc2[nH]cc(Cc3c[nH]c4ccc(Br)cc34)c2c1. The number of hydrogen-bond acceptors (Lipinski definition) is 1. The van der Waals surface area contributed by atoms with Gasteiger partial charge in [-0.2, -0.15) is 0 Å². The molecule has 4 rings (SSSR count). The van der Waals surface area contributed by atoms with E-state index in [9.17, 15) is 5.11 Å². The third kappa shape index (κ3) is 2.12. The minimum Gasteiger partial charge on any atom is -0.508 e. The zero-order valence-electron chi connectivity index (χ0n) is 11.2. The van der Waals surface area contributed by atoms with Crippen LogP contribution in [0.1, 0.15) is 11.1 Å². The fourth-order valence-corrected chi connectivity index (χ4v) is 3.18. The molecule has 0 unspecified atom stereocenters. The van der Waals surface area contributed by atoms with Gasteiger partial charge in [0.15, 0.2) is 0 Å². The first-order valence-corrected chi connectivity index (χ1v) is 7.54. The van der Waals surface area contributed by atoms with E-state index in [4.69, 9.17) is 0 Å². The standard InChI is InChI=1S/C17H13BrN2O/c18-12-1-3-16-14(6-12)10(8-19-16)5-11-9-20-17-4-2-13(21)7-15(11)17/h1-4,6-9,19-21H,5H2. The molecule has 0 amide bonds. The van der Waals surface area contributed by atoms with Crippen LogP contribution in [0, 0.1) is 0 Å². The molecular weight excluding hydrogens is 328 g/mol. The maximum Gasteiger partial charge on any atom is 0.116 e. The molecule has 21 heavy (non-hydrogen) atoms. The van der Waals surface area contributed by atoms with Crippen LogP contribution in [-0.2, 0) is 6.42 Å². The highest BCUT2D eigenvalue weighted by atomic mass is 79.9. The molecule has 0 saturated carbocycles. The van der Waals surface area contributed by atoms with Gasteiger partial charge in [0.25, 0.3) is 0 Å². The number of fused-ring (bicyclic) bond motifs is 2. The van der Waals surface area contributed by atoms with E-state index in [0.29, 0.717) is 5.75 Å². The van der Waals surface area contributed by atoms with Crippen molar-refractivity contribution in [2.24, 2.45) is 0 Å². The third-order valence-electron chi connectivity index (χ3n) is 3.86. The molecule has 0 bridgehead atoms. The molecule has 104 valence electrons. The Morgan fingerprint density at radius 3 is 2.19 bits per heavy atom. The average molecular weight is 341 g/mol. The molecule has 0 radical (unpaired) electrons. The maximum atomic E-state index is 9.68. The van der Waals surface area contributed by atoms with Crippen molar-refractivity contribution in [2.75, 3.05) is 0 Å². The molecule has 2 aromatic heterocycles. The first-order chi connectivity index (χ1) is 10.2. The first-order valence-electron chi connectivity index (χ1n) is 6.75. The number of phenols is 1. The Kier molecular flexibility index (Phi) is 2.79. The van der Waals surface area contributed by atoms with Crippen LogP contribution >= 0.6 is 15.9 Å². The highest BCUT2D eigenvalue weighted by Gasteiger charge is 2.09. The van der Waals surface area contributed by atoms with Gasteiger partial charge in [-0.3, -0.25) is 0 Å². The smallest absolute Gasteiger partial charge is 0.116 e. The molecule has 4 heteroatoms. The summed E-state index contributed by atoms with van der Waals surface area (Å²) in [5.41, 5.74) is 4.61. The number of aromatic nitrogens is 2. The van der Waals surface area contributed by atoms with Crippen LogP contribution in [0.4, 0.5) is 0 Å². The number of benzene rings is 2. The third-order valence-corrected chi connectivity index (χ3v) is 4.35. The average Bonchev–Trinajstić information content (AvgIpc) is 3.04. The number of aromatic hydroxyl groups is 1. The van der Waals surface area contributed by atoms with Crippen molar-refractivity contribution in [1.29, 1.82) is 0 Å². The van der Waals surface area contributed by atoms with E-state index in [0.717, 1.165) is 27.3 Å². The molecule has 0 aliphatic rings. The van der Waals surface area contributed by atoms with Crippen molar-refractivity contribution in [2.45, 2.75) is 6.42 Å². The van der Waals surface area contributed by atoms with E-state index >= 15 is 0 Å². The Bertz CT molecular complexity index is 874. The zero-order valence-corrected chi connectivity index (χ0v) is 12.7. The van der Waals surface area contributed by atoms with Crippen LogP contribution in [0.15, 0.2) is 53.3 Å². The maximum absolute atomic E-state index is 9.68. The van der Waals surface area contributed by atoms with Gasteiger partial charge in [-0.25, -0.2) is 0 Å². The molecule has 3 N–H and O–H groups in total. The summed E-state index contributed by atoms with van der Waals surface area (Å²) in [6.45, 7) is 0. The summed E-state index contributed by atoms with van der Waals surface area (Å²) in [7, 11) is 0. The summed E-state index contributed by atoms with van der Waals surface area (Å²) >= 11 is 3.53. The summed E-state index contributed by atoms with van der Waals surface area (Å²) in [6, 6.07) is 11.7. The summed E-state index contributed by atoms with van der Waals surface area (Å²) < 4.78 is 1.08. The lowest BCUT2D eigenvalue weighted by Gasteiger charge is -2.00. The van der Waals surface area contributed by atoms with Gasteiger partial charge in [0.2, 0.25) is 0 Å². The molecule has 2 heterocycles. The first kappa shape index (κ1) is 12.5. The van der Waals surface area contributed by atoms with Gasteiger partial charge in [-0.05, 0) is 47.5 Å². The fraction of sp³-hybridized carbons (Fsp3) is 0.0588. The van der Waals surface area contributed by atoms with Gasteiger partial charge in [0.05, 0.1) is 0 Å². The molecule has 3 nitrogen and oxygen atoms in total. The Labute approximate surface area is 129 Å². The lowest BCUT2D eigenvalue weighted by atomic mass is 10.0.